The quantitative estimate of drug-likeness (QED) is 0.792. The molecule has 6 heteroatoms. The van der Waals surface area contributed by atoms with Crippen LogP contribution >= 0.6 is 0 Å². The second-order valence-corrected chi connectivity index (χ2v) is 4.47. The van der Waals surface area contributed by atoms with E-state index in [1.807, 2.05) is 6.92 Å². The standard InChI is InChI=1S/C14H15NO5/c1-4-19-12(16)9(3)15-11-6-5-8(2)7-10(11)13(17)20-14(15)18/h5-7,9H,4H2,1-3H3/t9-/m1/s1. The molecule has 2 rings (SSSR count). The summed E-state index contributed by atoms with van der Waals surface area (Å²) in [6, 6.07) is 4.14. The lowest BCUT2D eigenvalue weighted by Gasteiger charge is -2.15. The fourth-order valence-electron chi connectivity index (χ4n) is 2.04. The molecule has 0 unspecified atom stereocenters. The zero-order valence-electron chi connectivity index (χ0n) is 11.5. The Morgan fingerprint density at radius 1 is 1.40 bits per heavy atom. The van der Waals surface area contributed by atoms with Crippen molar-refractivity contribution in [3.63, 3.8) is 0 Å². The summed E-state index contributed by atoms with van der Waals surface area (Å²) in [7, 11) is 0. The first-order valence-electron chi connectivity index (χ1n) is 6.28. The van der Waals surface area contributed by atoms with Gasteiger partial charge in [-0.2, -0.15) is 0 Å². The van der Waals surface area contributed by atoms with Crippen LogP contribution < -0.4 is 11.4 Å². The number of carbonyl (C=O) groups excluding carboxylic acids is 1. The van der Waals surface area contributed by atoms with E-state index in [-0.39, 0.29) is 12.0 Å². The van der Waals surface area contributed by atoms with E-state index >= 15 is 0 Å². The van der Waals surface area contributed by atoms with Crippen molar-refractivity contribution in [3.05, 3.63) is 44.7 Å². The Kier molecular flexibility index (Phi) is 3.74. The Morgan fingerprint density at radius 3 is 2.75 bits per heavy atom. The first-order valence-corrected chi connectivity index (χ1v) is 6.28. The molecule has 0 saturated heterocycles. The monoisotopic (exact) mass is 277 g/mol. The number of esters is 1. The molecule has 106 valence electrons. The van der Waals surface area contributed by atoms with E-state index in [1.54, 1.807) is 25.1 Å². The van der Waals surface area contributed by atoms with E-state index in [0.29, 0.717) is 5.52 Å². The highest BCUT2D eigenvalue weighted by Crippen LogP contribution is 2.15. The fourth-order valence-corrected chi connectivity index (χ4v) is 2.04. The highest BCUT2D eigenvalue weighted by molar-refractivity contribution is 5.81. The van der Waals surface area contributed by atoms with Crippen molar-refractivity contribution in [3.8, 4) is 0 Å². The molecule has 0 aliphatic carbocycles. The molecular formula is C14H15NO5. The molecule has 0 aliphatic rings. The van der Waals surface area contributed by atoms with Crippen LogP contribution in [-0.2, 0) is 9.53 Å². The number of carbonyl (C=O) groups is 1. The van der Waals surface area contributed by atoms with Crippen molar-refractivity contribution >= 4 is 16.9 Å². The number of fused-ring (bicyclic) bond motifs is 1. The van der Waals surface area contributed by atoms with Crippen LogP contribution in [-0.4, -0.2) is 17.1 Å². The van der Waals surface area contributed by atoms with E-state index in [1.165, 1.54) is 6.92 Å². The Hall–Kier alpha value is -2.37. The SMILES string of the molecule is CCOC(=O)[C@@H](C)n1c(=O)oc(=O)c2cc(C)ccc21. The predicted molar refractivity (Wildman–Crippen MR) is 72.8 cm³/mol. The summed E-state index contributed by atoms with van der Waals surface area (Å²) in [6.45, 7) is 5.24. The van der Waals surface area contributed by atoms with Gasteiger partial charge in [0.1, 0.15) is 6.04 Å². The van der Waals surface area contributed by atoms with E-state index in [0.717, 1.165) is 10.1 Å². The van der Waals surface area contributed by atoms with E-state index in [4.69, 9.17) is 4.74 Å². The number of nitrogens with zero attached hydrogens (tertiary/aromatic N) is 1. The zero-order valence-corrected chi connectivity index (χ0v) is 11.5. The normalized spacial score (nSPS) is 12.3. The van der Waals surface area contributed by atoms with Crippen LogP contribution in [0.3, 0.4) is 0 Å². The largest absolute Gasteiger partial charge is 0.464 e. The summed E-state index contributed by atoms with van der Waals surface area (Å²) in [6.07, 6.45) is 0. The smallest absolute Gasteiger partial charge is 0.423 e. The zero-order chi connectivity index (χ0) is 14.9. The van der Waals surface area contributed by atoms with Gasteiger partial charge >= 0.3 is 17.4 Å². The van der Waals surface area contributed by atoms with Gasteiger partial charge in [-0.05, 0) is 32.9 Å². The molecule has 0 N–H and O–H groups in total. The van der Waals surface area contributed by atoms with Gasteiger partial charge in [0, 0.05) is 0 Å². The average molecular weight is 277 g/mol. The van der Waals surface area contributed by atoms with Crippen LogP contribution in [0.1, 0.15) is 25.5 Å². The first kappa shape index (κ1) is 14.0. The van der Waals surface area contributed by atoms with Gasteiger partial charge in [0.2, 0.25) is 0 Å². The van der Waals surface area contributed by atoms with Gasteiger partial charge in [0.15, 0.2) is 0 Å². The van der Waals surface area contributed by atoms with Crippen molar-refractivity contribution in [2.24, 2.45) is 0 Å². The lowest BCUT2D eigenvalue weighted by atomic mass is 10.1. The molecule has 0 amide bonds. The lowest BCUT2D eigenvalue weighted by molar-refractivity contribution is -0.146. The van der Waals surface area contributed by atoms with E-state index in [9.17, 15) is 14.4 Å². The minimum Gasteiger partial charge on any atom is -0.464 e. The maximum absolute atomic E-state index is 11.9. The maximum atomic E-state index is 11.9. The third-order valence-electron chi connectivity index (χ3n) is 3.02. The Balaban J connectivity index is 2.73. The molecule has 1 aromatic carbocycles. The Bertz CT molecular complexity index is 771. The van der Waals surface area contributed by atoms with Crippen molar-refractivity contribution in [1.82, 2.24) is 4.57 Å². The number of aromatic nitrogens is 1. The molecule has 0 saturated carbocycles. The van der Waals surface area contributed by atoms with Crippen LogP contribution in [0.2, 0.25) is 0 Å². The van der Waals surface area contributed by atoms with Gasteiger partial charge in [-0.3, -0.25) is 4.57 Å². The van der Waals surface area contributed by atoms with Crippen LogP contribution in [0.25, 0.3) is 10.9 Å². The number of ether oxygens (including phenoxy) is 1. The van der Waals surface area contributed by atoms with Crippen molar-refractivity contribution < 1.29 is 13.9 Å². The van der Waals surface area contributed by atoms with Gasteiger partial charge in [0.25, 0.3) is 0 Å². The predicted octanol–water partition coefficient (Wildman–Crippen LogP) is 1.39. The molecule has 20 heavy (non-hydrogen) atoms. The summed E-state index contributed by atoms with van der Waals surface area (Å²) in [5.41, 5.74) is 0.511. The van der Waals surface area contributed by atoms with E-state index in [2.05, 4.69) is 4.42 Å². The summed E-state index contributed by atoms with van der Waals surface area (Å²) in [4.78, 5) is 35.4. The molecule has 2 aromatic rings. The topological polar surface area (TPSA) is 78.5 Å². The molecule has 0 bridgehead atoms. The van der Waals surface area contributed by atoms with Crippen LogP contribution in [0.5, 0.6) is 0 Å². The molecule has 1 heterocycles. The van der Waals surface area contributed by atoms with Gasteiger partial charge in [-0.1, -0.05) is 11.6 Å². The number of hydrogen-bond donors (Lipinski definition) is 0. The van der Waals surface area contributed by atoms with Crippen molar-refractivity contribution in [1.29, 1.82) is 0 Å². The van der Waals surface area contributed by atoms with Crippen LogP contribution in [0.4, 0.5) is 0 Å². The van der Waals surface area contributed by atoms with Gasteiger partial charge in [-0.15, -0.1) is 0 Å². The molecule has 1 aromatic heterocycles. The van der Waals surface area contributed by atoms with Gasteiger partial charge < -0.3 is 9.15 Å². The minimum absolute atomic E-state index is 0.214. The number of aryl methyl sites for hydroxylation is 1. The minimum atomic E-state index is -0.869. The molecule has 0 fully saturated rings. The summed E-state index contributed by atoms with van der Waals surface area (Å²) in [5.74, 6) is -1.42. The number of rotatable bonds is 3. The molecule has 0 spiro atoms. The fraction of sp³-hybridized carbons (Fsp3) is 0.357. The third kappa shape index (κ3) is 2.36. The highest BCUT2D eigenvalue weighted by atomic mass is 16.5. The molecule has 0 aliphatic heterocycles. The van der Waals surface area contributed by atoms with E-state index < -0.39 is 23.4 Å². The number of hydrogen-bond acceptors (Lipinski definition) is 5. The lowest BCUT2D eigenvalue weighted by Crippen LogP contribution is -2.32. The molecule has 1 atom stereocenters. The second-order valence-electron chi connectivity index (χ2n) is 4.47. The number of benzene rings is 1. The van der Waals surface area contributed by atoms with Crippen LogP contribution in [0.15, 0.2) is 32.2 Å². The molecular weight excluding hydrogens is 262 g/mol. The summed E-state index contributed by atoms with van der Waals surface area (Å²) < 4.78 is 10.7. The third-order valence-corrected chi connectivity index (χ3v) is 3.02. The first-order chi connectivity index (χ1) is 9.45. The Labute approximate surface area is 114 Å². The van der Waals surface area contributed by atoms with Crippen molar-refractivity contribution in [2.45, 2.75) is 26.8 Å². The average Bonchev–Trinajstić information content (AvgIpc) is 2.39. The van der Waals surface area contributed by atoms with Gasteiger partial charge in [-0.25, -0.2) is 14.4 Å². The maximum Gasteiger partial charge on any atom is 0.423 e. The Morgan fingerprint density at radius 2 is 2.10 bits per heavy atom. The van der Waals surface area contributed by atoms with Crippen molar-refractivity contribution in [2.75, 3.05) is 6.61 Å². The molecule has 0 radical (unpaired) electrons. The second kappa shape index (κ2) is 5.32. The summed E-state index contributed by atoms with van der Waals surface area (Å²) in [5, 5.41) is 0.265. The van der Waals surface area contributed by atoms with Gasteiger partial charge in [0.05, 0.1) is 17.5 Å². The van der Waals surface area contributed by atoms with Crippen LogP contribution in [0, 0.1) is 6.92 Å². The summed E-state index contributed by atoms with van der Waals surface area (Å²) >= 11 is 0. The highest BCUT2D eigenvalue weighted by Gasteiger charge is 2.21. The molecule has 6 nitrogen and oxygen atoms in total.